The number of sulfonamides is 1. The highest BCUT2D eigenvalue weighted by Crippen LogP contribution is 2.33. The Morgan fingerprint density at radius 1 is 1.19 bits per heavy atom. The Labute approximate surface area is 189 Å². The molecular formula is C20H20ClN3O7S. The van der Waals surface area contributed by atoms with Crippen molar-refractivity contribution in [2.75, 3.05) is 33.3 Å². The van der Waals surface area contributed by atoms with Gasteiger partial charge in [-0.05, 0) is 35.9 Å². The number of methoxy groups -OCH3 is 1. The van der Waals surface area contributed by atoms with Crippen molar-refractivity contribution in [1.82, 2.24) is 9.21 Å². The summed E-state index contributed by atoms with van der Waals surface area (Å²) in [5.74, 6) is 0.382. The third-order valence-electron chi connectivity index (χ3n) is 5.51. The van der Waals surface area contributed by atoms with Crippen LogP contribution >= 0.6 is 11.6 Å². The quantitative estimate of drug-likeness (QED) is 0.473. The molecule has 0 aromatic heterocycles. The van der Waals surface area contributed by atoms with Crippen LogP contribution in [-0.2, 0) is 21.2 Å². The maximum atomic E-state index is 13.0. The van der Waals surface area contributed by atoms with Crippen molar-refractivity contribution in [3.05, 3.63) is 57.1 Å². The van der Waals surface area contributed by atoms with E-state index in [-0.39, 0.29) is 42.7 Å². The zero-order valence-corrected chi connectivity index (χ0v) is 18.6. The molecule has 2 aromatic rings. The van der Waals surface area contributed by atoms with Crippen LogP contribution in [0.3, 0.4) is 0 Å². The van der Waals surface area contributed by atoms with Gasteiger partial charge in [-0.3, -0.25) is 14.9 Å². The molecule has 0 saturated carbocycles. The number of hydrogen-bond acceptors (Lipinski definition) is 7. The van der Waals surface area contributed by atoms with E-state index in [0.29, 0.717) is 17.2 Å². The van der Waals surface area contributed by atoms with E-state index < -0.39 is 26.7 Å². The molecular weight excluding hydrogens is 462 g/mol. The number of nitro groups is 1. The molecule has 0 spiro atoms. The maximum absolute atomic E-state index is 13.0. The molecule has 10 nitrogen and oxygen atoms in total. The number of carbonyl (C=O) groups is 1. The number of fused-ring (bicyclic) bond motifs is 1. The number of rotatable bonds is 5. The van der Waals surface area contributed by atoms with Crippen LogP contribution in [0.4, 0.5) is 5.69 Å². The fourth-order valence-corrected chi connectivity index (χ4v) is 5.47. The van der Waals surface area contributed by atoms with Crippen molar-refractivity contribution in [3.8, 4) is 11.5 Å². The lowest BCUT2D eigenvalue weighted by Crippen LogP contribution is -2.53. The lowest BCUT2D eigenvalue weighted by molar-refractivity contribution is -0.386. The van der Waals surface area contributed by atoms with E-state index in [2.05, 4.69) is 0 Å². The number of piperazine rings is 1. The number of benzene rings is 2. The number of carbonyl (C=O) groups excluding carboxylic acids is 1. The summed E-state index contributed by atoms with van der Waals surface area (Å²) in [5.41, 5.74) is 0.429. The number of hydrogen-bond donors (Lipinski definition) is 0. The summed E-state index contributed by atoms with van der Waals surface area (Å²) in [4.78, 5) is 24.8. The lowest BCUT2D eigenvalue weighted by atomic mass is 10.1. The Balaban J connectivity index is 1.43. The summed E-state index contributed by atoms with van der Waals surface area (Å²) >= 11 is 5.99. The topological polar surface area (TPSA) is 119 Å². The molecule has 170 valence electrons. The third-order valence-corrected chi connectivity index (χ3v) is 7.64. The van der Waals surface area contributed by atoms with Gasteiger partial charge in [-0.2, -0.15) is 4.31 Å². The molecule has 1 atom stereocenters. The molecule has 2 aromatic carbocycles. The molecule has 32 heavy (non-hydrogen) atoms. The van der Waals surface area contributed by atoms with Crippen molar-refractivity contribution >= 4 is 33.2 Å². The average Bonchev–Trinajstić information content (AvgIpc) is 3.21. The van der Waals surface area contributed by atoms with Gasteiger partial charge in [-0.15, -0.1) is 0 Å². The lowest BCUT2D eigenvalue weighted by Gasteiger charge is -2.35. The molecule has 2 heterocycles. The summed E-state index contributed by atoms with van der Waals surface area (Å²) in [6.45, 7) is 0.513. The first-order valence-electron chi connectivity index (χ1n) is 9.77. The van der Waals surface area contributed by atoms with E-state index >= 15 is 0 Å². The van der Waals surface area contributed by atoms with Crippen LogP contribution in [0, 0.1) is 10.1 Å². The van der Waals surface area contributed by atoms with Crippen LogP contribution in [-0.4, -0.2) is 67.8 Å². The highest BCUT2D eigenvalue weighted by Gasteiger charge is 2.36. The Morgan fingerprint density at radius 3 is 2.56 bits per heavy atom. The first kappa shape index (κ1) is 22.3. The molecule has 1 amide bonds. The molecule has 4 rings (SSSR count). The molecule has 12 heteroatoms. The molecule has 0 unspecified atom stereocenters. The number of halogens is 1. The fraction of sp³-hybridized carbons (Fsp3) is 0.350. The fourth-order valence-electron chi connectivity index (χ4n) is 3.83. The molecule has 2 aliphatic heterocycles. The molecule has 0 radical (unpaired) electrons. The highest BCUT2D eigenvalue weighted by molar-refractivity contribution is 7.89. The number of nitrogens with zero attached hydrogens (tertiary/aromatic N) is 3. The van der Waals surface area contributed by atoms with Crippen molar-refractivity contribution in [2.45, 2.75) is 17.4 Å². The highest BCUT2D eigenvalue weighted by atomic mass is 35.5. The second-order valence-corrected chi connectivity index (χ2v) is 9.76. The van der Waals surface area contributed by atoms with Gasteiger partial charge >= 0.3 is 5.69 Å². The second-order valence-electron chi connectivity index (χ2n) is 7.38. The summed E-state index contributed by atoms with van der Waals surface area (Å²) < 4.78 is 37.9. The van der Waals surface area contributed by atoms with E-state index in [1.807, 2.05) is 0 Å². The van der Waals surface area contributed by atoms with Crippen LogP contribution < -0.4 is 9.47 Å². The van der Waals surface area contributed by atoms with Gasteiger partial charge in [0, 0.05) is 43.7 Å². The van der Waals surface area contributed by atoms with Gasteiger partial charge in [-0.1, -0.05) is 11.6 Å². The van der Waals surface area contributed by atoms with Gasteiger partial charge in [0.05, 0.1) is 16.9 Å². The van der Waals surface area contributed by atoms with Crippen LogP contribution in [0.5, 0.6) is 11.5 Å². The Morgan fingerprint density at radius 2 is 1.91 bits per heavy atom. The summed E-state index contributed by atoms with van der Waals surface area (Å²) in [6.07, 6.45) is -0.265. The Bertz CT molecular complexity index is 1180. The summed E-state index contributed by atoms with van der Waals surface area (Å²) in [5, 5.41) is 11.8. The van der Waals surface area contributed by atoms with Gasteiger partial charge < -0.3 is 14.4 Å². The van der Waals surface area contributed by atoms with Crippen LogP contribution in [0.25, 0.3) is 0 Å². The normalized spacial score (nSPS) is 18.7. The van der Waals surface area contributed by atoms with E-state index in [0.717, 1.165) is 11.6 Å². The van der Waals surface area contributed by atoms with E-state index in [4.69, 9.17) is 21.1 Å². The van der Waals surface area contributed by atoms with Crippen molar-refractivity contribution in [2.24, 2.45) is 0 Å². The minimum atomic E-state index is -3.97. The monoisotopic (exact) mass is 481 g/mol. The molecule has 0 bridgehead atoms. The standard InChI is InChI=1S/C20H20ClN3O7S/c1-30-18-5-3-15(12-16(18)24(26)27)32(28,29)23-8-6-22(7-9-23)20(25)19-11-13-10-14(21)2-4-17(13)31-19/h2-5,10,12,19H,6-9,11H2,1H3/t19-/m0/s1. The smallest absolute Gasteiger partial charge is 0.312 e. The molecule has 2 aliphatic rings. The maximum Gasteiger partial charge on any atom is 0.312 e. The SMILES string of the molecule is COc1ccc(S(=O)(=O)N2CCN(C(=O)[C@@H]3Cc4cc(Cl)ccc4O3)CC2)cc1[N+](=O)[O-]. The number of ether oxygens (including phenoxy) is 2. The van der Waals surface area contributed by atoms with Crippen molar-refractivity contribution in [3.63, 3.8) is 0 Å². The molecule has 1 fully saturated rings. The van der Waals surface area contributed by atoms with Crippen molar-refractivity contribution < 1.29 is 27.6 Å². The van der Waals surface area contributed by atoms with Gasteiger partial charge in [0.15, 0.2) is 11.9 Å². The zero-order chi connectivity index (χ0) is 23.0. The van der Waals surface area contributed by atoms with Gasteiger partial charge in [-0.25, -0.2) is 8.42 Å². The van der Waals surface area contributed by atoms with E-state index in [1.165, 1.54) is 23.5 Å². The first-order chi connectivity index (χ1) is 15.2. The third kappa shape index (κ3) is 4.10. The van der Waals surface area contributed by atoms with E-state index in [1.54, 1.807) is 23.1 Å². The molecule has 1 saturated heterocycles. The van der Waals surface area contributed by atoms with Crippen LogP contribution in [0.15, 0.2) is 41.3 Å². The molecule has 0 aliphatic carbocycles. The largest absolute Gasteiger partial charge is 0.490 e. The Kier molecular flexibility index (Phi) is 5.97. The van der Waals surface area contributed by atoms with Crippen LogP contribution in [0.1, 0.15) is 5.56 Å². The minimum absolute atomic E-state index is 0.0248. The van der Waals surface area contributed by atoms with Gasteiger partial charge in [0.2, 0.25) is 10.0 Å². The summed E-state index contributed by atoms with van der Waals surface area (Å²) in [7, 11) is -2.70. The Hall–Kier alpha value is -2.89. The first-order valence-corrected chi connectivity index (χ1v) is 11.6. The predicted octanol–water partition coefficient (Wildman–Crippen LogP) is 2.09. The molecule has 0 N–H and O–H groups in total. The predicted molar refractivity (Wildman–Crippen MR) is 115 cm³/mol. The number of amides is 1. The zero-order valence-electron chi connectivity index (χ0n) is 17.1. The minimum Gasteiger partial charge on any atom is -0.490 e. The second kappa shape index (κ2) is 8.57. The van der Waals surface area contributed by atoms with Crippen molar-refractivity contribution in [1.29, 1.82) is 0 Å². The van der Waals surface area contributed by atoms with Gasteiger partial charge in [0.25, 0.3) is 5.91 Å². The van der Waals surface area contributed by atoms with E-state index in [9.17, 15) is 23.3 Å². The summed E-state index contributed by atoms with van der Waals surface area (Å²) in [6, 6.07) is 8.70. The number of nitro benzene ring substituents is 1. The van der Waals surface area contributed by atoms with Crippen LogP contribution in [0.2, 0.25) is 5.02 Å². The average molecular weight is 482 g/mol. The van der Waals surface area contributed by atoms with Gasteiger partial charge in [0.1, 0.15) is 5.75 Å².